The highest BCUT2D eigenvalue weighted by molar-refractivity contribution is 6.26. The molecule has 0 radical (unpaired) electrons. The normalized spacial score (nSPS) is 12.0. The van der Waals surface area contributed by atoms with E-state index >= 15 is 0 Å². The van der Waals surface area contributed by atoms with Crippen LogP contribution in [0, 0.1) is 0 Å². The fourth-order valence-electron chi connectivity index (χ4n) is 6.92. The predicted octanol–water partition coefficient (Wildman–Crippen LogP) is 14.1. The van der Waals surface area contributed by atoms with E-state index in [0.717, 1.165) is 79.3 Å². The largest absolute Gasteiger partial charge is 0.416 e. The van der Waals surface area contributed by atoms with Gasteiger partial charge in [-0.3, -0.25) is 0 Å². The second-order valence-corrected chi connectivity index (χ2v) is 12.4. The molecule has 0 atom stereocenters. The van der Waals surface area contributed by atoms with Crippen LogP contribution in [0.2, 0.25) is 0 Å². The van der Waals surface area contributed by atoms with Crippen LogP contribution in [0.3, 0.4) is 0 Å². The van der Waals surface area contributed by atoms with Crippen LogP contribution in [0.15, 0.2) is 170 Å². The highest BCUT2D eigenvalue weighted by Gasteiger charge is 2.32. The number of halogens is 6. The van der Waals surface area contributed by atoms with Crippen molar-refractivity contribution in [2.45, 2.75) is 12.4 Å². The Morgan fingerprint density at radius 2 is 0.635 bits per heavy atom. The molecule has 8 aromatic carbocycles. The summed E-state index contributed by atoms with van der Waals surface area (Å²) < 4.78 is 81.8. The maximum Gasteiger partial charge on any atom is 0.416 e. The molecule has 0 unspecified atom stereocenters. The first-order valence-electron chi connectivity index (χ1n) is 16.5. The standard InChI is InChI=1S/C44H28F6N2/c45-43(46,47)30-19-23-34(24-20-30)51(32-11-3-1-4-12-32)40-27-29-28-41(37-16-8-10-18-39(37)42(29)38-17-9-7-15-36(38)40)52(33-13-5-2-6-14-33)35-25-21-31(22-26-35)44(48,49)50/h1-28H. The van der Waals surface area contributed by atoms with E-state index in [2.05, 4.69) is 0 Å². The number of fused-ring (bicyclic) bond motifs is 5. The fraction of sp³-hybridized carbons (Fsp3) is 0.0455. The number of hydrogen-bond acceptors (Lipinski definition) is 2. The molecule has 256 valence electrons. The van der Waals surface area contributed by atoms with Crippen molar-refractivity contribution in [3.8, 4) is 0 Å². The Kier molecular flexibility index (Phi) is 8.10. The van der Waals surface area contributed by atoms with E-state index in [9.17, 15) is 26.3 Å². The summed E-state index contributed by atoms with van der Waals surface area (Å²) in [5, 5.41) is 5.46. The first-order valence-corrected chi connectivity index (χ1v) is 16.5. The first-order chi connectivity index (χ1) is 25.1. The van der Waals surface area contributed by atoms with Crippen LogP contribution in [0.1, 0.15) is 11.1 Å². The van der Waals surface area contributed by atoms with Gasteiger partial charge < -0.3 is 9.80 Å². The summed E-state index contributed by atoms with van der Waals surface area (Å²) in [7, 11) is 0. The van der Waals surface area contributed by atoms with Crippen molar-refractivity contribution in [3.63, 3.8) is 0 Å². The lowest BCUT2D eigenvalue weighted by Crippen LogP contribution is -2.13. The van der Waals surface area contributed by atoms with Crippen LogP contribution in [0.5, 0.6) is 0 Å². The molecule has 0 aliphatic carbocycles. The van der Waals surface area contributed by atoms with Gasteiger partial charge in [-0.25, -0.2) is 0 Å². The zero-order chi connectivity index (χ0) is 36.0. The molecule has 0 aliphatic rings. The minimum absolute atomic E-state index is 0.542. The average Bonchev–Trinajstić information content (AvgIpc) is 3.15. The Bertz CT molecular complexity index is 2350. The van der Waals surface area contributed by atoms with Gasteiger partial charge in [0.25, 0.3) is 0 Å². The van der Waals surface area contributed by atoms with Gasteiger partial charge in [0, 0.05) is 33.5 Å². The molecule has 0 N–H and O–H groups in total. The molecule has 8 aromatic rings. The number of rotatable bonds is 6. The third-order valence-electron chi connectivity index (χ3n) is 9.23. The molecule has 2 nitrogen and oxygen atoms in total. The summed E-state index contributed by atoms with van der Waals surface area (Å²) in [5.41, 5.74) is 2.60. The van der Waals surface area contributed by atoms with Gasteiger partial charge in [-0.2, -0.15) is 26.3 Å². The van der Waals surface area contributed by atoms with Crippen LogP contribution < -0.4 is 9.80 Å². The summed E-state index contributed by atoms with van der Waals surface area (Å²) in [6, 6.07) is 49.1. The number of para-hydroxylation sites is 2. The molecule has 0 fully saturated rings. The maximum atomic E-state index is 13.6. The van der Waals surface area contributed by atoms with Crippen LogP contribution >= 0.6 is 0 Å². The summed E-state index contributed by atoms with van der Waals surface area (Å²) >= 11 is 0. The summed E-state index contributed by atoms with van der Waals surface area (Å²) in [4.78, 5) is 3.89. The zero-order valence-corrected chi connectivity index (χ0v) is 27.3. The third-order valence-corrected chi connectivity index (χ3v) is 9.23. The van der Waals surface area contributed by atoms with Crippen molar-refractivity contribution in [2.75, 3.05) is 9.80 Å². The van der Waals surface area contributed by atoms with Gasteiger partial charge in [0.1, 0.15) is 0 Å². The lowest BCUT2D eigenvalue weighted by Gasteiger charge is -2.30. The molecular weight excluding hydrogens is 670 g/mol. The number of nitrogens with zero attached hydrogens (tertiary/aromatic N) is 2. The van der Waals surface area contributed by atoms with Crippen LogP contribution in [-0.2, 0) is 12.4 Å². The van der Waals surface area contributed by atoms with E-state index in [0.29, 0.717) is 11.4 Å². The Labute approximate surface area is 295 Å². The van der Waals surface area contributed by atoms with Gasteiger partial charge in [-0.1, -0.05) is 84.9 Å². The minimum atomic E-state index is -4.49. The van der Waals surface area contributed by atoms with Gasteiger partial charge in [0.2, 0.25) is 0 Å². The van der Waals surface area contributed by atoms with Crippen molar-refractivity contribution in [2.24, 2.45) is 0 Å². The van der Waals surface area contributed by atoms with E-state index in [1.807, 2.05) is 131 Å². The van der Waals surface area contributed by atoms with Crippen molar-refractivity contribution in [3.05, 3.63) is 181 Å². The summed E-state index contributed by atoms with van der Waals surface area (Å²) in [6.45, 7) is 0. The Balaban J connectivity index is 1.43. The molecule has 0 spiro atoms. The van der Waals surface area contributed by atoms with Crippen LogP contribution in [0.4, 0.5) is 60.5 Å². The molecule has 8 heteroatoms. The van der Waals surface area contributed by atoms with Crippen molar-refractivity contribution in [1.82, 2.24) is 0 Å². The number of benzene rings is 8. The molecule has 8 rings (SSSR count). The van der Waals surface area contributed by atoms with Crippen molar-refractivity contribution >= 4 is 66.4 Å². The second kappa shape index (κ2) is 12.8. The van der Waals surface area contributed by atoms with Crippen molar-refractivity contribution < 1.29 is 26.3 Å². The van der Waals surface area contributed by atoms with E-state index in [4.69, 9.17) is 0 Å². The van der Waals surface area contributed by atoms with Gasteiger partial charge in [0.15, 0.2) is 0 Å². The first kappa shape index (κ1) is 32.9. The smallest absolute Gasteiger partial charge is 0.310 e. The Morgan fingerprint density at radius 3 is 0.981 bits per heavy atom. The van der Waals surface area contributed by atoms with E-state index in [1.54, 1.807) is 0 Å². The van der Waals surface area contributed by atoms with Gasteiger partial charge in [0.05, 0.1) is 22.5 Å². The van der Waals surface area contributed by atoms with Gasteiger partial charge >= 0.3 is 12.4 Å². The molecule has 0 bridgehead atoms. The SMILES string of the molecule is FC(F)(F)c1ccc(N(c2ccccc2)c2cc3cc(N(c4ccccc4)c4ccc(C(F)(F)F)cc4)c4ccccc4c3c3ccccc23)cc1. The number of anilines is 6. The molecule has 0 amide bonds. The molecule has 0 heterocycles. The average molecular weight is 699 g/mol. The topological polar surface area (TPSA) is 6.48 Å². The van der Waals surface area contributed by atoms with Crippen LogP contribution in [0.25, 0.3) is 32.3 Å². The number of hydrogen-bond donors (Lipinski definition) is 0. The monoisotopic (exact) mass is 698 g/mol. The zero-order valence-electron chi connectivity index (χ0n) is 27.3. The Hall–Kier alpha value is -6.28. The van der Waals surface area contributed by atoms with E-state index in [-0.39, 0.29) is 0 Å². The lowest BCUT2D eigenvalue weighted by atomic mass is 9.93. The molecular formula is C44H28F6N2. The highest BCUT2D eigenvalue weighted by atomic mass is 19.4. The van der Waals surface area contributed by atoms with Crippen molar-refractivity contribution in [1.29, 1.82) is 0 Å². The second-order valence-electron chi connectivity index (χ2n) is 12.4. The predicted molar refractivity (Wildman–Crippen MR) is 198 cm³/mol. The fourth-order valence-corrected chi connectivity index (χ4v) is 6.92. The number of alkyl halides is 6. The van der Waals surface area contributed by atoms with E-state index in [1.165, 1.54) is 24.3 Å². The third kappa shape index (κ3) is 5.96. The Morgan fingerprint density at radius 1 is 0.327 bits per heavy atom. The van der Waals surface area contributed by atoms with Gasteiger partial charge in [-0.05, 0) is 106 Å². The quantitative estimate of drug-likeness (QED) is 0.126. The lowest BCUT2D eigenvalue weighted by molar-refractivity contribution is -0.138. The molecule has 52 heavy (non-hydrogen) atoms. The molecule has 0 aromatic heterocycles. The molecule has 0 aliphatic heterocycles. The summed E-state index contributed by atoms with van der Waals surface area (Å²) in [6.07, 6.45) is -8.97. The summed E-state index contributed by atoms with van der Waals surface area (Å²) in [5.74, 6) is 0. The van der Waals surface area contributed by atoms with Crippen LogP contribution in [-0.4, -0.2) is 0 Å². The molecule has 0 saturated carbocycles. The molecule has 0 saturated heterocycles. The maximum absolute atomic E-state index is 13.6. The highest BCUT2D eigenvalue weighted by Crippen LogP contribution is 2.48. The van der Waals surface area contributed by atoms with E-state index < -0.39 is 23.5 Å². The van der Waals surface area contributed by atoms with Gasteiger partial charge in [-0.15, -0.1) is 0 Å². The minimum Gasteiger partial charge on any atom is -0.310 e.